The van der Waals surface area contributed by atoms with Crippen molar-refractivity contribution in [2.75, 3.05) is 13.1 Å². The highest BCUT2D eigenvalue weighted by atomic mass is 16.3. The summed E-state index contributed by atoms with van der Waals surface area (Å²) in [6.07, 6.45) is 3.59. The third kappa shape index (κ3) is 2.97. The van der Waals surface area contributed by atoms with Crippen LogP contribution >= 0.6 is 0 Å². The molecule has 0 unspecified atom stereocenters. The maximum Gasteiger partial charge on any atom is 0.274 e. The minimum absolute atomic E-state index is 0.0553. The van der Waals surface area contributed by atoms with Gasteiger partial charge in [0.15, 0.2) is 11.5 Å². The van der Waals surface area contributed by atoms with E-state index in [4.69, 9.17) is 4.42 Å². The van der Waals surface area contributed by atoms with Gasteiger partial charge in [0.05, 0.1) is 18.0 Å². The van der Waals surface area contributed by atoms with Crippen molar-refractivity contribution in [3.05, 3.63) is 47.6 Å². The number of piperidine rings is 1. The summed E-state index contributed by atoms with van der Waals surface area (Å²) in [5, 5.41) is 11.6. The van der Waals surface area contributed by atoms with Crippen LogP contribution in [0.3, 0.4) is 0 Å². The molecule has 0 aromatic carbocycles. The van der Waals surface area contributed by atoms with Crippen LogP contribution in [0.1, 0.15) is 40.8 Å². The van der Waals surface area contributed by atoms with Gasteiger partial charge < -0.3 is 9.32 Å². The van der Waals surface area contributed by atoms with E-state index in [0.29, 0.717) is 23.7 Å². The van der Waals surface area contributed by atoms with Crippen molar-refractivity contribution in [2.24, 2.45) is 0 Å². The van der Waals surface area contributed by atoms with Crippen LogP contribution in [-0.4, -0.2) is 43.9 Å². The Bertz CT molecular complexity index is 877. The first-order chi connectivity index (χ1) is 12.1. The molecule has 1 fully saturated rings. The Hall–Kier alpha value is -2.83. The van der Waals surface area contributed by atoms with E-state index in [9.17, 15) is 4.79 Å². The second-order valence-corrected chi connectivity index (χ2v) is 6.56. The predicted molar refractivity (Wildman–Crippen MR) is 92.2 cm³/mol. The molecule has 0 spiro atoms. The molecule has 1 aliphatic heterocycles. The fourth-order valence-corrected chi connectivity index (χ4v) is 3.51. The normalized spacial score (nSPS) is 17.8. The number of aromatic amines is 1. The van der Waals surface area contributed by atoms with Gasteiger partial charge >= 0.3 is 0 Å². The Balaban J connectivity index is 1.51. The summed E-state index contributed by atoms with van der Waals surface area (Å²) < 4.78 is 7.39. The van der Waals surface area contributed by atoms with Crippen LogP contribution in [0.5, 0.6) is 0 Å². The van der Waals surface area contributed by atoms with Gasteiger partial charge in [-0.1, -0.05) is 0 Å². The largest absolute Gasteiger partial charge is 0.463 e. The molecule has 3 aromatic heterocycles. The quantitative estimate of drug-likeness (QED) is 0.795. The van der Waals surface area contributed by atoms with Crippen molar-refractivity contribution in [3.63, 3.8) is 0 Å². The number of likely N-dealkylation sites (tertiary alicyclic amines) is 1. The van der Waals surface area contributed by atoms with E-state index >= 15 is 0 Å². The fraction of sp³-hybridized carbons (Fsp3) is 0.389. The molecule has 0 bridgehead atoms. The second kappa shape index (κ2) is 6.23. The van der Waals surface area contributed by atoms with E-state index in [1.54, 1.807) is 18.4 Å². The van der Waals surface area contributed by atoms with Crippen LogP contribution in [0.25, 0.3) is 11.5 Å². The van der Waals surface area contributed by atoms with Crippen molar-refractivity contribution in [3.8, 4) is 11.5 Å². The first-order valence-corrected chi connectivity index (χ1v) is 8.53. The van der Waals surface area contributed by atoms with Crippen molar-refractivity contribution < 1.29 is 9.21 Å². The number of aromatic nitrogens is 4. The molecule has 1 aliphatic rings. The summed E-state index contributed by atoms with van der Waals surface area (Å²) in [6, 6.07) is 7.68. The van der Waals surface area contributed by atoms with E-state index < -0.39 is 0 Å². The predicted octanol–water partition coefficient (Wildman–Crippen LogP) is 2.96. The van der Waals surface area contributed by atoms with E-state index in [0.717, 1.165) is 30.8 Å². The molecule has 25 heavy (non-hydrogen) atoms. The number of furan rings is 1. The standard InChI is InChI=1S/C18H21N5O2/c1-12-9-13(2)23(21-12)14-5-3-7-22(11-14)18(24)16-10-15(19-20-16)17-6-4-8-25-17/h4,6,8-10,14H,3,5,7,11H2,1-2H3,(H,19,20)/t14-/m0/s1. The summed E-state index contributed by atoms with van der Waals surface area (Å²) in [7, 11) is 0. The van der Waals surface area contributed by atoms with Gasteiger partial charge in [0.2, 0.25) is 0 Å². The van der Waals surface area contributed by atoms with Gasteiger partial charge in [-0.2, -0.15) is 10.2 Å². The summed E-state index contributed by atoms with van der Waals surface area (Å²) in [6.45, 7) is 5.46. The van der Waals surface area contributed by atoms with Crippen LogP contribution < -0.4 is 0 Å². The average molecular weight is 339 g/mol. The lowest BCUT2D eigenvalue weighted by atomic mass is 10.1. The van der Waals surface area contributed by atoms with Crippen LogP contribution in [0, 0.1) is 13.8 Å². The highest BCUT2D eigenvalue weighted by molar-refractivity contribution is 5.93. The van der Waals surface area contributed by atoms with Gasteiger partial charge in [-0.3, -0.25) is 14.6 Å². The van der Waals surface area contributed by atoms with Crippen LogP contribution in [0.2, 0.25) is 0 Å². The molecule has 7 heteroatoms. The number of carbonyl (C=O) groups is 1. The van der Waals surface area contributed by atoms with Crippen molar-refractivity contribution in [1.82, 2.24) is 24.9 Å². The van der Waals surface area contributed by atoms with Crippen molar-refractivity contribution >= 4 is 5.91 Å². The fourth-order valence-electron chi connectivity index (χ4n) is 3.51. The highest BCUT2D eigenvalue weighted by Gasteiger charge is 2.28. The molecule has 3 aromatic rings. The Morgan fingerprint density at radius 1 is 1.36 bits per heavy atom. The van der Waals surface area contributed by atoms with Crippen LogP contribution in [-0.2, 0) is 0 Å². The van der Waals surface area contributed by atoms with E-state index in [-0.39, 0.29) is 11.9 Å². The Morgan fingerprint density at radius 2 is 2.24 bits per heavy atom. The maximum absolute atomic E-state index is 12.8. The van der Waals surface area contributed by atoms with Gasteiger partial charge in [-0.15, -0.1) is 0 Å². The first-order valence-electron chi connectivity index (χ1n) is 8.53. The number of hydrogen-bond donors (Lipinski definition) is 1. The monoisotopic (exact) mass is 339 g/mol. The molecule has 1 saturated heterocycles. The summed E-state index contributed by atoms with van der Waals surface area (Å²) in [4.78, 5) is 14.7. The molecule has 4 rings (SSSR count). The van der Waals surface area contributed by atoms with E-state index in [2.05, 4.69) is 28.3 Å². The molecular formula is C18H21N5O2. The third-order valence-corrected chi connectivity index (χ3v) is 4.66. The smallest absolute Gasteiger partial charge is 0.274 e. The Kier molecular flexibility index (Phi) is 3.91. The van der Waals surface area contributed by atoms with Crippen molar-refractivity contribution in [2.45, 2.75) is 32.7 Å². The first kappa shape index (κ1) is 15.7. The molecule has 4 heterocycles. The third-order valence-electron chi connectivity index (χ3n) is 4.66. The minimum atomic E-state index is -0.0553. The maximum atomic E-state index is 12.8. The lowest BCUT2D eigenvalue weighted by Gasteiger charge is -2.33. The summed E-state index contributed by atoms with van der Waals surface area (Å²) >= 11 is 0. The van der Waals surface area contributed by atoms with Gasteiger partial charge in [-0.25, -0.2) is 0 Å². The second-order valence-electron chi connectivity index (χ2n) is 6.56. The molecular weight excluding hydrogens is 318 g/mol. The zero-order valence-electron chi connectivity index (χ0n) is 14.4. The molecule has 0 aliphatic carbocycles. The number of amides is 1. The molecule has 7 nitrogen and oxygen atoms in total. The summed E-state index contributed by atoms with van der Waals surface area (Å²) in [5.74, 6) is 0.617. The molecule has 1 atom stereocenters. The zero-order chi connectivity index (χ0) is 17.4. The molecule has 0 radical (unpaired) electrons. The number of hydrogen-bond acceptors (Lipinski definition) is 4. The topological polar surface area (TPSA) is 80.0 Å². The molecule has 130 valence electrons. The highest BCUT2D eigenvalue weighted by Crippen LogP contribution is 2.25. The Labute approximate surface area is 145 Å². The van der Waals surface area contributed by atoms with Gasteiger partial charge in [0, 0.05) is 24.8 Å². The number of nitrogens with one attached hydrogen (secondary N) is 1. The SMILES string of the molecule is Cc1cc(C)n([C@H]2CCCN(C(=O)c3cc(-c4ccco4)[nH]n3)C2)n1. The van der Waals surface area contributed by atoms with Gasteiger partial charge in [0.25, 0.3) is 5.91 Å². The number of H-pyrrole nitrogens is 1. The molecule has 1 N–H and O–H groups in total. The lowest BCUT2D eigenvalue weighted by molar-refractivity contribution is 0.0665. The average Bonchev–Trinajstić information content (AvgIpc) is 3.34. The van der Waals surface area contributed by atoms with Gasteiger partial charge in [-0.05, 0) is 44.9 Å². The zero-order valence-corrected chi connectivity index (χ0v) is 14.4. The molecule has 0 saturated carbocycles. The van der Waals surface area contributed by atoms with E-state index in [1.165, 1.54) is 0 Å². The number of nitrogens with zero attached hydrogens (tertiary/aromatic N) is 4. The molecule has 1 amide bonds. The van der Waals surface area contributed by atoms with E-state index in [1.807, 2.05) is 22.6 Å². The van der Waals surface area contributed by atoms with Gasteiger partial charge in [0.1, 0.15) is 5.69 Å². The van der Waals surface area contributed by atoms with Crippen LogP contribution in [0.4, 0.5) is 0 Å². The lowest BCUT2D eigenvalue weighted by Crippen LogP contribution is -2.41. The van der Waals surface area contributed by atoms with Crippen LogP contribution in [0.15, 0.2) is 34.9 Å². The minimum Gasteiger partial charge on any atom is -0.463 e. The number of aryl methyl sites for hydroxylation is 2. The number of rotatable bonds is 3. The number of carbonyl (C=O) groups excluding carboxylic acids is 1. The Morgan fingerprint density at radius 3 is 2.96 bits per heavy atom. The van der Waals surface area contributed by atoms with Crippen molar-refractivity contribution in [1.29, 1.82) is 0 Å². The summed E-state index contributed by atoms with van der Waals surface area (Å²) in [5.41, 5.74) is 3.27.